The van der Waals surface area contributed by atoms with Crippen molar-refractivity contribution in [1.29, 1.82) is 0 Å². The molecule has 0 N–H and O–H groups in total. The maximum atomic E-state index is 12.4. The van der Waals surface area contributed by atoms with Gasteiger partial charge in [0.25, 0.3) is 0 Å². The number of likely N-dealkylation sites (tertiary alicyclic amines) is 1. The molecule has 1 saturated carbocycles. The summed E-state index contributed by atoms with van der Waals surface area (Å²) in [6.45, 7) is 6.35. The number of carbonyl (C=O) groups excluding carboxylic acids is 2. The highest BCUT2D eigenvalue weighted by Crippen LogP contribution is 2.30. The topological polar surface area (TPSA) is 97.4 Å². The molecule has 1 saturated heterocycles. The van der Waals surface area contributed by atoms with Crippen molar-refractivity contribution in [1.82, 2.24) is 29.7 Å². The molecule has 2 amide bonds. The Hall–Kier alpha value is -2.71. The molecule has 0 spiro atoms. The second-order valence-corrected chi connectivity index (χ2v) is 8.23. The molecule has 156 valence electrons. The van der Waals surface area contributed by atoms with Crippen molar-refractivity contribution in [2.45, 2.75) is 52.0 Å². The number of aryl methyl sites for hydroxylation is 3. The molecule has 0 radical (unpaired) electrons. The zero-order valence-corrected chi connectivity index (χ0v) is 17.3. The average molecular weight is 400 g/mol. The quantitative estimate of drug-likeness (QED) is 0.663. The summed E-state index contributed by atoms with van der Waals surface area (Å²) in [7, 11) is 1.82. The Balaban J connectivity index is 1.20. The number of hydrogen-bond donors (Lipinski definition) is 0. The Morgan fingerprint density at radius 3 is 2.69 bits per heavy atom. The molecule has 3 heterocycles. The fourth-order valence-corrected chi connectivity index (χ4v) is 3.65. The lowest BCUT2D eigenvalue weighted by molar-refractivity contribution is -0.136. The summed E-state index contributed by atoms with van der Waals surface area (Å²) in [6.07, 6.45) is 3.03. The van der Waals surface area contributed by atoms with E-state index in [-0.39, 0.29) is 23.7 Å². The number of rotatable bonds is 8. The first-order valence-electron chi connectivity index (χ1n) is 10.3. The van der Waals surface area contributed by atoms with E-state index in [9.17, 15) is 9.59 Å². The van der Waals surface area contributed by atoms with Crippen LogP contribution in [0.4, 0.5) is 0 Å². The highest BCUT2D eigenvalue weighted by Gasteiger charge is 2.35. The Labute approximate surface area is 170 Å². The van der Waals surface area contributed by atoms with Crippen molar-refractivity contribution >= 4 is 11.8 Å². The molecule has 1 aliphatic heterocycles. The van der Waals surface area contributed by atoms with Gasteiger partial charge in [0.15, 0.2) is 5.82 Å². The molecule has 0 aromatic carbocycles. The highest BCUT2D eigenvalue weighted by molar-refractivity contribution is 5.80. The summed E-state index contributed by atoms with van der Waals surface area (Å²) in [5.41, 5.74) is 2.04. The van der Waals surface area contributed by atoms with Gasteiger partial charge in [0.1, 0.15) is 0 Å². The number of nitrogens with zero attached hydrogens (tertiary/aromatic N) is 6. The van der Waals surface area contributed by atoms with Gasteiger partial charge in [-0.3, -0.25) is 14.3 Å². The van der Waals surface area contributed by atoms with Gasteiger partial charge in [0.05, 0.1) is 11.6 Å². The van der Waals surface area contributed by atoms with Gasteiger partial charge < -0.3 is 14.3 Å². The van der Waals surface area contributed by atoms with E-state index in [0.29, 0.717) is 50.7 Å². The van der Waals surface area contributed by atoms with Crippen LogP contribution in [0, 0.1) is 19.8 Å². The van der Waals surface area contributed by atoms with Gasteiger partial charge in [-0.1, -0.05) is 5.16 Å². The molecule has 2 aromatic rings. The van der Waals surface area contributed by atoms with Gasteiger partial charge in [0.2, 0.25) is 17.7 Å². The zero-order valence-electron chi connectivity index (χ0n) is 17.3. The Bertz CT molecular complexity index is 894. The summed E-state index contributed by atoms with van der Waals surface area (Å²) >= 11 is 0. The largest absolute Gasteiger partial charge is 0.345 e. The normalized spacial score (nSPS) is 16.7. The number of aromatic nitrogens is 4. The fraction of sp³-hybridized carbons (Fsp3) is 0.650. The minimum atomic E-state index is 0.0970. The van der Waals surface area contributed by atoms with E-state index < -0.39 is 0 Å². The van der Waals surface area contributed by atoms with E-state index in [1.54, 1.807) is 4.90 Å². The minimum absolute atomic E-state index is 0.0970. The molecule has 2 fully saturated rings. The Morgan fingerprint density at radius 1 is 1.28 bits per heavy atom. The predicted octanol–water partition coefficient (Wildman–Crippen LogP) is 1.31. The first kappa shape index (κ1) is 19.6. The fourth-order valence-electron chi connectivity index (χ4n) is 3.65. The van der Waals surface area contributed by atoms with Crippen molar-refractivity contribution in [3.8, 4) is 0 Å². The molecular weight excluding hydrogens is 372 g/mol. The molecular formula is C20H28N6O3. The summed E-state index contributed by atoms with van der Waals surface area (Å²) in [6, 6.07) is 2.01. The van der Waals surface area contributed by atoms with Crippen LogP contribution in [0.1, 0.15) is 48.3 Å². The molecule has 29 heavy (non-hydrogen) atoms. The SMILES string of the molecule is Cc1cc(C)n(CCC(=O)N2CC(c3nc(CCN(C)C(=O)C4CC4)no3)C2)n1. The molecule has 4 rings (SSSR count). The van der Waals surface area contributed by atoms with Gasteiger partial charge in [-0.25, -0.2) is 0 Å². The molecule has 2 aromatic heterocycles. The third-order valence-electron chi connectivity index (χ3n) is 5.68. The van der Waals surface area contributed by atoms with Crippen molar-refractivity contribution in [3.05, 3.63) is 29.2 Å². The van der Waals surface area contributed by atoms with Crippen LogP contribution < -0.4 is 0 Å². The molecule has 2 aliphatic rings. The second kappa shape index (κ2) is 7.96. The first-order valence-corrected chi connectivity index (χ1v) is 10.3. The predicted molar refractivity (Wildman–Crippen MR) is 104 cm³/mol. The average Bonchev–Trinajstić information content (AvgIpc) is 3.31. The molecule has 9 nitrogen and oxygen atoms in total. The monoisotopic (exact) mass is 400 g/mol. The van der Waals surface area contributed by atoms with Gasteiger partial charge in [0, 0.05) is 57.7 Å². The van der Waals surface area contributed by atoms with Crippen molar-refractivity contribution in [2.75, 3.05) is 26.7 Å². The van der Waals surface area contributed by atoms with Crippen molar-refractivity contribution in [3.63, 3.8) is 0 Å². The van der Waals surface area contributed by atoms with Crippen molar-refractivity contribution < 1.29 is 14.1 Å². The second-order valence-electron chi connectivity index (χ2n) is 8.23. The Morgan fingerprint density at radius 2 is 2.03 bits per heavy atom. The van der Waals surface area contributed by atoms with E-state index in [4.69, 9.17) is 4.52 Å². The summed E-state index contributed by atoms with van der Waals surface area (Å²) < 4.78 is 7.26. The maximum Gasteiger partial charge on any atom is 0.233 e. The third-order valence-corrected chi connectivity index (χ3v) is 5.68. The summed E-state index contributed by atoms with van der Waals surface area (Å²) in [4.78, 5) is 32.4. The minimum Gasteiger partial charge on any atom is -0.345 e. The molecule has 0 atom stereocenters. The van der Waals surface area contributed by atoms with Gasteiger partial charge in [-0.15, -0.1) is 0 Å². The van der Waals surface area contributed by atoms with Crippen LogP contribution in [0.15, 0.2) is 10.6 Å². The van der Waals surface area contributed by atoms with Gasteiger partial charge in [-0.05, 0) is 32.8 Å². The smallest absolute Gasteiger partial charge is 0.233 e. The van der Waals surface area contributed by atoms with Crippen LogP contribution >= 0.6 is 0 Å². The van der Waals surface area contributed by atoms with Crippen LogP contribution in [0.2, 0.25) is 0 Å². The standard InChI is InChI=1S/C20H28N6O3/c1-13-10-14(2)26(22-13)9-7-18(27)25-11-16(12-25)19-21-17(23-29-19)6-8-24(3)20(28)15-4-5-15/h10,15-16H,4-9,11-12H2,1-3H3. The lowest BCUT2D eigenvalue weighted by Crippen LogP contribution is -2.48. The first-order chi connectivity index (χ1) is 13.9. The Kier molecular flexibility index (Phi) is 5.38. The van der Waals surface area contributed by atoms with E-state index >= 15 is 0 Å². The van der Waals surface area contributed by atoms with Crippen molar-refractivity contribution in [2.24, 2.45) is 5.92 Å². The summed E-state index contributed by atoms with van der Waals surface area (Å²) in [5, 5.41) is 8.42. The zero-order chi connectivity index (χ0) is 20.5. The number of amides is 2. The van der Waals surface area contributed by atoms with E-state index in [1.807, 2.05) is 36.5 Å². The number of hydrogen-bond acceptors (Lipinski definition) is 6. The third kappa shape index (κ3) is 4.49. The van der Waals surface area contributed by atoms with Gasteiger partial charge >= 0.3 is 0 Å². The molecule has 0 unspecified atom stereocenters. The van der Waals surface area contributed by atoms with Crippen LogP contribution in [0.25, 0.3) is 0 Å². The van der Waals surface area contributed by atoms with E-state index in [2.05, 4.69) is 15.2 Å². The molecule has 1 aliphatic carbocycles. The van der Waals surface area contributed by atoms with E-state index in [1.165, 1.54) is 0 Å². The number of carbonyl (C=O) groups is 2. The molecule has 9 heteroatoms. The van der Waals surface area contributed by atoms with Crippen LogP contribution in [0.5, 0.6) is 0 Å². The van der Waals surface area contributed by atoms with Crippen LogP contribution in [-0.4, -0.2) is 68.2 Å². The summed E-state index contributed by atoms with van der Waals surface area (Å²) in [5.74, 6) is 1.85. The lowest BCUT2D eigenvalue weighted by Gasteiger charge is -2.37. The molecule has 0 bridgehead atoms. The van der Waals surface area contributed by atoms with E-state index in [0.717, 1.165) is 24.2 Å². The van der Waals surface area contributed by atoms with Crippen LogP contribution in [0.3, 0.4) is 0 Å². The lowest BCUT2D eigenvalue weighted by atomic mass is 9.99. The number of likely N-dealkylation sites (N-methyl/N-ethyl adjacent to an activating group) is 1. The maximum absolute atomic E-state index is 12.4. The van der Waals surface area contributed by atoms with Crippen LogP contribution in [-0.2, 0) is 22.6 Å². The highest BCUT2D eigenvalue weighted by atomic mass is 16.5. The van der Waals surface area contributed by atoms with Gasteiger partial charge in [-0.2, -0.15) is 10.1 Å².